The van der Waals surface area contributed by atoms with Crippen molar-refractivity contribution in [3.63, 3.8) is 0 Å². The van der Waals surface area contributed by atoms with Gasteiger partial charge in [-0.2, -0.15) is 11.3 Å². The number of thiophene rings is 1. The van der Waals surface area contributed by atoms with Crippen LogP contribution in [0, 0.1) is 5.92 Å². The van der Waals surface area contributed by atoms with Crippen molar-refractivity contribution in [3.8, 4) is 0 Å². The minimum atomic E-state index is -0.103. The SMILES string of the molecule is O=C(CCC1CCNCC1)NC(c1ccc(Cl)cc1)c1ccsc1. The van der Waals surface area contributed by atoms with Gasteiger partial charge in [-0.3, -0.25) is 4.79 Å². The Bertz CT molecular complexity index is 636. The third-order valence-electron chi connectivity index (χ3n) is 4.62. The molecule has 1 fully saturated rings. The zero-order valence-corrected chi connectivity index (χ0v) is 15.2. The van der Waals surface area contributed by atoms with E-state index in [0.717, 1.165) is 30.6 Å². The van der Waals surface area contributed by atoms with Crippen molar-refractivity contribution in [2.45, 2.75) is 31.7 Å². The molecule has 2 heterocycles. The van der Waals surface area contributed by atoms with Crippen LogP contribution < -0.4 is 10.6 Å². The summed E-state index contributed by atoms with van der Waals surface area (Å²) >= 11 is 7.64. The van der Waals surface area contributed by atoms with Gasteiger partial charge in [0, 0.05) is 11.4 Å². The summed E-state index contributed by atoms with van der Waals surface area (Å²) in [5.74, 6) is 0.798. The zero-order valence-electron chi connectivity index (χ0n) is 13.6. The fraction of sp³-hybridized carbons (Fsp3) is 0.421. The molecule has 2 aromatic rings. The summed E-state index contributed by atoms with van der Waals surface area (Å²) in [5, 5.41) is 11.4. The highest BCUT2D eigenvalue weighted by Crippen LogP contribution is 2.26. The number of carbonyl (C=O) groups is 1. The van der Waals surface area contributed by atoms with Crippen LogP contribution in [-0.4, -0.2) is 19.0 Å². The van der Waals surface area contributed by atoms with Gasteiger partial charge in [0.2, 0.25) is 5.91 Å². The van der Waals surface area contributed by atoms with Gasteiger partial charge in [0.25, 0.3) is 0 Å². The Morgan fingerprint density at radius 2 is 1.96 bits per heavy atom. The summed E-state index contributed by atoms with van der Waals surface area (Å²) in [6.45, 7) is 2.16. The Morgan fingerprint density at radius 3 is 2.62 bits per heavy atom. The van der Waals surface area contributed by atoms with Gasteiger partial charge >= 0.3 is 0 Å². The summed E-state index contributed by atoms with van der Waals surface area (Å²) in [7, 11) is 0. The molecule has 1 unspecified atom stereocenters. The van der Waals surface area contributed by atoms with Crippen LogP contribution in [0.3, 0.4) is 0 Å². The molecule has 0 radical (unpaired) electrons. The van der Waals surface area contributed by atoms with Crippen molar-refractivity contribution in [3.05, 3.63) is 57.2 Å². The van der Waals surface area contributed by atoms with Crippen molar-refractivity contribution >= 4 is 28.8 Å². The molecule has 0 saturated carbocycles. The number of carbonyl (C=O) groups excluding carboxylic acids is 1. The van der Waals surface area contributed by atoms with Gasteiger partial charge in [0.15, 0.2) is 0 Å². The van der Waals surface area contributed by atoms with E-state index in [2.05, 4.69) is 22.1 Å². The van der Waals surface area contributed by atoms with E-state index in [1.807, 2.05) is 29.6 Å². The predicted molar refractivity (Wildman–Crippen MR) is 101 cm³/mol. The van der Waals surface area contributed by atoms with Crippen LogP contribution in [0.5, 0.6) is 0 Å². The van der Waals surface area contributed by atoms with E-state index in [0.29, 0.717) is 17.4 Å². The van der Waals surface area contributed by atoms with Crippen LogP contribution in [0.2, 0.25) is 5.02 Å². The molecule has 0 aliphatic carbocycles. The number of halogens is 1. The summed E-state index contributed by atoms with van der Waals surface area (Å²) in [5.41, 5.74) is 2.19. The van der Waals surface area contributed by atoms with Crippen LogP contribution in [0.1, 0.15) is 42.9 Å². The topological polar surface area (TPSA) is 41.1 Å². The fourth-order valence-electron chi connectivity index (χ4n) is 3.19. The number of benzene rings is 1. The van der Waals surface area contributed by atoms with Gasteiger partial charge in [0.1, 0.15) is 0 Å². The van der Waals surface area contributed by atoms with Gasteiger partial charge in [-0.05, 0) is 78.4 Å². The lowest BCUT2D eigenvalue weighted by atomic mass is 9.93. The second-order valence-corrected chi connectivity index (χ2v) is 7.56. The molecule has 2 N–H and O–H groups in total. The van der Waals surface area contributed by atoms with Gasteiger partial charge in [-0.25, -0.2) is 0 Å². The molecule has 1 atom stereocenters. The highest BCUT2D eigenvalue weighted by molar-refractivity contribution is 7.08. The first-order valence-corrected chi connectivity index (χ1v) is 9.82. The van der Waals surface area contributed by atoms with Crippen molar-refractivity contribution in [1.82, 2.24) is 10.6 Å². The Hall–Kier alpha value is -1.36. The molecule has 3 nitrogen and oxygen atoms in total. The van der Waals surface area contributed by atoms with Crippen LogP contribution in [0.15, 0.2) is 41.1 Å². The number of hydrogen-bond donors (Lipinski definition) is 2. The van der Waals surface area contributed by atoms with E-state index in [9.17, 15) is 4.79 Å². The minimum absolute atomic E-state index is 0.103. The van der Waals surface area contributed by atoms with Gasteiger partial charge in [-0.1, -0.05) is 23.7 Å². The monoisotopic (exact) mass is 362 g/mol. The van der Waals surface area contributed by atoms with Crippen molar-refractivity contribution in [2.75, 3.05) is 13.1 Å². The van der Waals surface area contributed by atoms with Crippen LogP contribution >= 0.6 is 22.9 Å². The van der Waals surface area contributed by atoms with E-state index < -0.39 is 0 Å². The standard InChI is InChI=1S/C19H23ClN2OS/c20-17-4-2-15(3-5-17)19(16-9-12-24-13-16)22-18(23)6-1-14-7-10-21-11-8-14/h2-5,9,12-14,19,21H,1,6-8,10-11H2,(H,22,23). The first kappa shape index (κ1) is 17.5. The van der Waals surface area contributed by atoms with Crippen molar-refractivity contribution in [2.24, 2.45) is 5.92 Å². The Labute approximate surface area is 152 Å². The van der Waals surface area contributed by atoms with Crippen LogP contribution in [0.4, 0.5) is 0 Å². The average Bonchev–Trinajstić information content (AvgIpc) is 3.14. The number of rotatable bonds is 6. The number of nitrogens with one attached hydrogen (secondary N) is 2. The van der Waals surface area contributed by atoms with E-state index in [4.69, 9.17) is 11.6 Å². The molecule has 1 amide bonds. The lowest BCUT2D eigenvalue weighted by molar-refractivity contribution is -0.121. The van der Waals surface area contributed by atoms with Gasteiger partial charge < -0.3 is 10.6 Å². The molecule has 0 bridgehead atoms. The average molecular weight is 363 g/mol. The molecular weight excluding hydrogens is 340 g/mol. The van der Waals surface area contributed by atoms with E-state index in [1.165, 1.54) is 12.8 Å². The number of hydrogen-bond acceptors (Lipinski definition) is 3. The van der Waals surface area contributed by atoms with E-state index >= 15 is 0 Å². The van der Waals surface area contributed by atoms with Crippen molar-refractivity contribution in [1.29, 1.82) is 0 Å². The maximum absolute atomic E-state index is 12.5. The number of piperidine rings is 1. The third kappa shape index (κ3) is 4.82. The molecule has 1 saturated heterocycles. The molecule has 1 aromatic carbocycles. The Kier molecular flexibility index (Phi) is 6.30. The molecular formula is C19H23ClN2OS. The minimum Gasteiger partial charge on any atom is -0.345 e. The predicted octanol–water partition coefficient (Wildman–Crippen LogP) is 4.39. The quantitative estimate of drug-likeness (QED) is 0.800. The summed E-state index contributed by atoms with van der Waals surface area (Å²) in [6, 6.07) is 9.68. The smallest absolute Gasteiger partial charge is 0.220 e. The Balaban J connectivity index is 1.63. The lowest BCUT2D eigenvalue weighted by Crippen LogP contribution is -2.31. The zero-order chi connectivity index (χ0) is 16.8. The summed E-state index contributed by atoms with van der Waals surface area (Å²) < 4.78 is 0. The molecule has 24 heavy (non-hydrogen) atoms. The van der Waals surface area contributed by atoms with Gasteiger partial charge in [0.05, 0.1) is 6.04 Å². The first-order chi connectivity index (χ1) is 11.7. The second kappa shape index (κ2) is 8.65. The molecule has 0 spiro atoms. The maximum atomic E-state index is 12.5. The normalized spacial score (nSPS) is 16.7. The third-order valence-corrected chi connectivity index (χ3v) is 5.58. The Morgan fingerprint density at radius 1 is 1.21 bits per heavy atom. The molecule has 5 heteroatoms. The van der Waals surface area contributed by atoms with E-state index in [-0.39, 0.29) is 11.9 Å². The largest absolute Gasteiger partial charge is 0.345 e. The first-order valence-electron chi connectivity index (χ1n) is 8.50. The van der Waals surface area contributed by atoms with Crippen LogP contribution in [-0.2, 0) is 4.79 Å². The fourth-order valence-corrected chi connectivity index (χ4v) is 4.00. The maximum Gasteiger partial charge on any atom is 0.220 e. The van der Waals surface area contributed by atoms with E-state index in [1.54, 1.807) is 11.3 Å². The summed E-state index contributed by atoms with van der Waals surface area (Å²) in [6.07, 6.45) is 3.93. The van der Waals surface area contributed by atoms with Crippen LogP contribution in [0.25, 0.3) is 0 Å². The molecule has 1 aliphatic heterocycles. The second-order valence-electron chi connectivity index (χ2n) is 6.34. The highest BCUT2D eigenvalue weighted by Gasteiger charge is 2.19. The number of amides is 1. The molecule has 1 aromatic heterocycles. The molecule has 3 rings (SSSR count). The summed E-state index contributed by atoms with van der Waals surface area (Å²) in [4.78, 5) is 12.5. The lowest BCUT2D eigenvalue weighted by Gasteiger charge is -2.23. The molecule has 128 valence electrons. The highest BCUT2D eigenvalue weighted by atomic mass is 35.5. The van der Waals surface area contributed by atoms with Gasteiger partial charge in [-0.15, -0.1) is 0 Å². The van der Waals surface area contributed by atoms with Crippen molar-refractivity contribution < 1.29 is 4.79 Å². The molecule has 1 aliphatic rings.